The minimum absolute atomic E-state index is 0.0187. The van der Waals surface area contributed by atoms with E-state index in [2.05, 4.69) is 32.9 Å². The molecule has 0 bridgehead atoms. The molecule has 0 amide bonds. The first-order valence-corrected chi connectivity index (χ1v) is 13.8. The summed E-state index contributed by atoms with van der Waals surface area (Å²) >= 11 is 0. The van der Waals surface area contributed by atoms with Gasteiger partial charge in [0.15, 0.2) is 0 Å². The first-order valence-electron chi connectivity index (χ1n) is 13.8. The molecule has 204 valence electrons. The first-order chi connectivity index (χ1) is 17.6. The van der Waals surface area contributed by atoms with Crippen LogP contribution in [0.15, 0.2) is 70.9 Å². The lowest BCUT2D eigenvalue weighted by Crippen LogP contribution is -2.30. The van der Waals surface area contributed by atoms with Crippen LogP contribution in [-0.4, -0.2) is 24.1 Å². The molecule has 1 rings (SSSR count). The SMILES string of the molecule is CC(=O)CCCCCCCC/C=C/C(=O)OC1CCC(C)(C)C(/C=C/C(C)=C/C=C/C(C)=C/C=O)=C1C. The Balaban J connectivity index is 2.60. The molecule has 0 aromatic rings. The molecular formula is C33H48O4. The van der Waals surface area contributed by atoms with Gasteiger partial charge in [-0.25, -0.2) is 4.79 Å². The summed E-state index contributed by atoms with van der Waals surface area (Å²) in [5, 5.41) is 0. The summed E-state index contributed by atoms with van der Waals surface area (Å²) < 4.78 is 5.83. The van der Waals surface area contributed by atoms with Crippen LogP contribution in [0.2, 0.25) is 0 Å². The van der Waals surface area contributed by atoms with E-state index in [-0.39, 0.29) is 23.3 Å². The lowest BCUT2D eigenvalue weighted by molar-refractivity contribution is -0.142. The van der Waals surface area contributed by atoms with Crippen molar-refractivity contribution >= 4 is 18.0 Å². The Kier molecular flexibility index (Phi) is 15.4. The highest BCUT2D eigenvalue weighted by Gasteiger charge is 2.33. The van der Waals surface area contributed by atoms with Gasteiger partial charge < -0.3 is 9.53 Å². The van der Waals surface area contributed by atoms with Crippen molar-refractivity contribution in [2.24, 2.45) is 5.41 Å². The Morgan fingerprint density at radius 2 is 1.57 bits per heavy atom. The van der Waals surface area contributed by atoms with Crippen LogP contribution in [0.4, 0.5) is 0 Å². The molecule has 1 aliphatic carbocycles. The molecule has 0 spiro atoms. The van der Waals surface area contributed by atoms with Gasteiger partial charge in [-0.05, 0) is 88.0 Å². The normalized spacial score (nSPS) is 18.8. The van der Waals surface area contributed by atoms with E-state index in [9.17, 15) is 14.4 Å². The van der Waals surface area contributed by atoms with E-state index < -0.39 is 0 Å². The topological polar surface area (TPSA) is 60.4 Å². The summed E-state index contributed by atoms with van der Waals surface area (Å²) in [5.41, 5.74) is 4.37. The van der Waals surface area contributed by atoms with Gasteiger partial charge in [0.2, 0.25) is 0 Å². The fraction of sp³-hybridized carbons (Fsp3) is 0.545. The maximum Gasteiger partial charge on any atom is 0.331 e. The molecule has 0 saturated heterocycles. The molecule has 0 saturated carbocycles. The summed E-state index contributed by atoms with van der Waals surface area (Å²) in [6, 6.07) is 0. The third-order valence-electron chi connectivity index (χ3n) is 6.89. The molecule has 0 heterocycles. The van der Waals surface area contributed by atoms with Gasteiger partial charge in [0.05, 0.1) is 0 Å². The summed E-state index contributed by atoms with van der Waals surface area (Å²) in [4.78, 5) is 33.9. The van der Waals surface area contributed by atoms with Gasteiger partial charge in [-0.1, -0.05) is 81.6 Å². The van der Waals surface area contributed by atoms with E-state index in [4.69, 9.17) is 4.74 Å². The molecule has 0 radical (unpaired) electrons. The van der Waals surface area contributed by atoms with E-state index in [0.29, 0.717) is 6.42 Å². The number of esters is 1. The molecule has 0 fully saturated rings. The van der Waals surface area contributed by atoms with Crippen molar-refractivity contribution in [3.05, 3.63) is 70.9 Å². The van der Waals surface area contributed by atoms with E-state index in [1.807, 2.05) is 38.2 Å². The number of unbranched alkanes of at least 4 members (excludes halogenated alkanes) is 6. The fourth-order valence-corrected chi connectivity index (χ4v) is 4.54. The van der Waals surface area contributed by atoms with Crippen molar-refractivity contribution in [3.8, 4) is 0 Å². The maximum absolute atomic E-state index is 12.5. The predicted molar refractivity (Wildman–Crippen MR) is 154 cm³/mol. The predicted octanol–water partition coefficient (Wildman–Crippen LogP) is 8.50. The maximum atomic E-state index is 12.5. The molecule has 1 atom stereocenters. The molecule has 1 aliphatic rings. The van der Waals surface area contributed by atoms with Gasteiger partial charge in [-0.3, -0.25) is 4.79 Å². The molecule has 4 heteroatoms. The standard InChI is InChI=1S/C33H48O4/c1-26(16-15-17-27(2)23-25-34)20-21-30-29(4)31(22-24-33(30,5)6)37-32(36)19-14-12-10-8-7-9-11-13-18-28(3)35/h14-17,19-21,23,25,31H,7-13,18,22,24H2,1-6H3/b17-15+,19-14+,21-20+,26-16+,27-23+. The van der Waals surface area contributed by atoms with Crippen LogP contribution in [0.25, 0.3) is 0 Å². The zero-order valence-electron chi connectivity index (χ0n) is 24.0. The minimum atomic E-state index is -0.267. The van der Waals surface area contributed by atoms with Gasteiger partial charge in [0, 0.05) is 12.5 Å². The molecule has 37 heavy (non-hydrogen) atoms. The highest BCUT2D eigenvalue weighted by molar-refractivity contribution is 5.82. The smallest absolute Gasteiger partial charge is 0.331 e. The van der Waals surface area contributed by atoms with Crippen LogP contribution in [0.3, 0.4) is 0 Å². The van der Waals surface area contributed by atoms with Crippen molar-refractivity contribution in [3.63, 3.8) is 0 Å². The van der Waals surface area contributed by atoms with Gasteiger partial charge in [-0.15, -0.1) is 0 Å². The highest BCUT2D eigenvalue weighted by atomic mass is 16.5. The Hall–Kier alpha value is -2.75. The Morgan fingerprint density at radius 3 is 2.24 bits per heavy atom. The molecule has 0 aromatic heterocycles. The number of hydrogen-bond donors (Lipinski definition) is 0. The molecule has 1 unspecified atom stereocenters. The second-order valence-corrected chi connectivity index (χ2v) is 10.9. The van der Waals surface area contributed by atoms with Crippen LogP contribution >= 0.6 is 0 Å². The lowest BCUT2D eigenvalue weighted by Gasteiger charge is -2.36. The summed E-state index contributed by atoms with van der Waals surface area (Å²) in [7, 11) is 0. The molecule has 0 N–H and O–H groups in total. The third kappa shape index (κ3) is 13.9. The third-order valence-corrected chi connectivity index (χ3v) is 6.89. The van der Waals surface area contributed by atoms with E-state index in [1.165, 1.54) is 24.5 Å². The Bertz CT molecular complexity index is 937. The second-order valence-electron chi connectivity index (χ2n) is 10.9. The number of rotatable bonds is 16. The average molecular weight is 509 g/mol. The fourth-order valence-electron chi connectivity index (χ4n) is 4.54. The Labute approximate surface area is 225 Å². The van der Waals surface area contributed by atoms with Crippen molar-refractivity contribution in [2.75, 3.05) is 0 Å². The minimum Gasteiger partial charge on any atom is -0.455 e. The van der Waals surface area contributed by atoms with Crippen molar-refractivity contribution in [1.29, 1.82) is 0 Å². The van der Waals surface area contributed by atoms with Crippen molar-refractivity contribution < 1.29 is 19.1 Å². The largest absolute Gasteiger partial charge is 0.455 e. The van der Waals surface area contributed by atoms with Gasteiger partial charge in [-0.2, -0.15) is 0 Å². The molecule has 4 nitrogen and oxygen atoms in total. The van der Waals surface area contributed by atoms with Gasteiger partial charge >= 0.3 is 5.97 Å². The zero-order valence-corrected chi connectivity index (χ0v) is 24.0. The monoisotopic (exact) mass is 508 g/mol. The number of hydrogen-bond acceptors (Lipinski definition) is 4. The van der Waals surface area contributed by atoms with E-state index >= 15 is 0 Å². The van der Waals surface area contributed by atoms with Crippen LogP contribution in [0.1, 0.15) is 106 Å². The quantitative estimate of drug-likeness (QED) is 0.0689. The second kappa shape index (κ2) is 17.7. The first kappa shape index (κ1) is 32.3. The van der Waals surface area contributed by atoms with Gasteiger partial charge in [0.25, 0.3) is 0 Å². The number of carbonyl (C=O) groups excluding carboxylic acids is 3. The number of aldehydes is 1. The summed E-state index contributed by atoms with van der Waals surface area (Å²) in [6.45, 7) is 12.1. The summed E-state index contributed by atoms with van der Waals surface area (Å²) in [5.74, 6) is 0.0107. The van der Waals surface area contributed by atoms with E-state index in [0.717, 1.165) is 68.0 Å². The van der Waals surface area contributed by atoms with Crippen molar-refractivity contribution in [1.82, 2.24) is 0 Å². The molecule has 0 aromatic carbocycles. The molecule has 0 aliphatic heterocycles. The van der Waals surface area contributed by atoms with Crippen LogP contribution < -0.4 is 0 Å². The number of Topliss-reactive ketones (excluding diaryl/α,β-unsaturated/α-hetero) is 1. The number of ether oxygens (including phenoxy) is 1. The molecular weight excluding hydrogens is 460 g/mol. The van der Waals surface area contributed by atoms with Crippen molar-refractivity contribution in [2.45, 2.75) is 112 Å². The summed E-state index contributed by atoms with van der Waals surface area (Å²) in [6.07, 6.45) is 25.8. The number of carbonyl (C=O) groups is 3. The van der Waals surface area contributed by atoms with Crippen LogP contribution in [0, 0.1) is 5.41 Å². The number of ketones is 1. The van der Waals surface area contributed by atoms with Gasteiger partial charge in [0.1, 0.15) is 18.2 Å². The Morgan fingerprint density at radius 1 is 0.919 bits per heavy atom. The zero-order chi connectivity index (χ0) is 27.7. The lowest BCUT2D eigenvalue weighted by atomic mass is 9.71. The van der Waals surface area contributed by atoms with Crippen LogP contribution in [0.5, 0.6) is 0 Å². The highest BCUT2D eigenvalue weighted by Crippen LogP contribution is 2.42. The number of allylic oxidation sites excluding steroid dienone is 10. The van der Waals surface area contributed by atoms with Crippen LogP contribution in [-0.2, 0) is 19.1 Å². The van der Waals surface area contributed by atoms with E-state index in [1.54, 1.807) is 13.0 Å². The average Bonchev–Trinajstić information content (AvgIpc) is 2.82.